The zero-order chi connectivity index (χ0) is 21.2. The summed E-state index contributed by atoms with van der Waals surface area (Å²) in [5.74, 6) is 1.14. The maximum Gasteiger partial charge on any atom is 0.230 e. The predicted molar refractivity (Wildman–Crippen MR) is 123 cm³/mol. The number of carbonyl (C=O) groups is 1. The third kappa shape index (κ3) is 4.32. The van der Waals surface area contributed by atoms with E-state index in [-0.39, 0.29) is 11.9 Å². The molecule has 1 atom stereocenters. The van der Waals surface area contributed by atoms with Gasteiger partial charge < -0.3 is 5.32 Å². The molecule has 2 aromatic heterocycles. The minimum absolute atomic E-state index is 0.0125. The highest BCUT2D eigenvalue weighted by molar-refractivity contribution is 7.99. The summed E-state index contributed by atoms with van der Waals surface area (Å²) in [6.07, 6.45) is 5.76. The van der Waals surface area contributed by atoms with Crippen molar-refractivity contribution in [2.75, 3.05) is 5.75 Å². The molecule has 156 valence electrons. The highest BCUT2D eigenvalue weighted by Crippen LogP contribution is 2.40. The average molecular weight is 430 g/mol. The Morgan fingerprint density at radius 1 is 1.10 bits per heavy atom. The van der Waals surface area contributed by atoms with Gasteiger partial charge in [0, 0.05) is 24.0 Å². The van der Waals surface area contributed by atoms with Gasteiger partial charge in [0.05, 0.1) is 11.8 Å². The Bertz CT molecular complexity index is 1220. The number of thioether (sulfide) groups is 1. The van der Waals surface area contributed by atoms with Crippen LogP contribution in [0.5, 0.6) is 0 Å². The Labute approximate surface area is 185 Å². The molecule has 2 heterocycles. The molecule has 0 saturated heterocycles. The molecule has 6 nitrogen and oxygen atoms in total. The molecule has 1 aliphatic carbocycles. The Kier molecular flexibility index (Phi) is 5.42. The second-order valence-electron chi connectivity index (χ2n) is 7.83. The van der Waals surface area contributed by atoms with E-state index in [0.29, 0.717) is 11.8 Å². The first-order valence-electron chi connectivity index (χ1n) is 10.5. The summed E-state index contributed by atoms with van der Waals surface area (Å²) in [5, 5.41) is 15.0. The summed E-state index contributed by atoms with van der Waals surface area (Å²) in [4.78, 5) is 16.7. The zero-order valence-corrected chi connectivity index (χ0v) is 18.0. The molecule has 1 fully saturated rings. The Balaban J connectivity index is 1.26. The smallest absolute Gasteiger partial charge is 0.230 e. The van der Waals surface area contributed by atoms with E-state index in [9.17, 15) is 4.79 Å². The lowest BCUT2D eigenvalue weighted by Gasteiger charge is -2.15. The molecule has 1 amide bonds. The summed E-state index contributed by atoms with van der Waals surface area (Å²) in [5.41, 5.74) is 2.09. The summed E-state index contributed by atoms with van der Waals surface area (Å²) in [7, 11) is 0. The molecule has 7 heteroatoms. The summed E-state index contributed by atoms with van der Waals surface area (Å²) < 4.78 is 2.17. The number of amides is 1. The van der Waals surface area contributed by atoms with E-state index in [1.807, 2.05) is 31.2 Å². The molecular formula is C24H23N5OS. The lowest BCUT2D eigenvalue weighted by molar-refractivity contribution is -0.119. The highest BCUT2D eigenvalue weighted by atomic mass is 32.2. The maximum absolute atomic E-state index is 12.6. The van der Waals surface area contributed by atoms with E-state index >= 15 is 0 Å². The molecule has 1 aliphatic rings. The van der Waals surface area contributed by atoms with Crippen molar-refractivity contribution in [3.63, 3.8) is 0 Å². The molecule has 0 bridgehead atoms. The van der Waals surface area contributed by atoms with Gasteiger partial charge in [-0.2, -0.15) is 0 Å². The Hall–Kier alpha value is -3.19. The molecule has 2 aromatic carbocycles. The van der Waals surface area contributed by atoms with Crippen molar-refractivity contribution >= 4 is 28.4 Å². The molecule has 4 aromatic rings. The van der Waals surface area contributed by atoms with Crippen LogP contribution in [0.2, 0.25) is 0 Å². The number of aromatic nitrogens is 4. The molecule has 31 heavy (non-hydrogen) atoms. The second kappa shape index (κ2) is 8.51. The number of pyridine rings is 1. The van der Waals surface area contributed by atoms with Crippen LogP contribution in [0, 0.1) is 0 Å². The van der Waals surface area contributed by atoms with E-state index in [4.69, 9.17) is 0 Å². The molecule has 0 spiro atoms. The lowest BCUT2D eigenvalue weighted by atomic mass is 10.0. The minimum atomic E-state index is -0.0635. The first kappa shape index (κ1) is 19.8. The minimum Gasteiger partial charge on any atom is -0.349 e. The van der Waals surface area contributed by atoms with E-state index in [1.165, 1.54) is 22.5 Å². The van der Waals surface area contributed by atoms with Crippen molar-refractivity contribution in [2.24, 2.45) is 0 Å². The van der Waals surface area contributed by atoms with Gasteiger partial charge in [-0.15, -0.1) is 10.2 Å². The second-order valence-corrected chi connectivity index (χ2v) is 8.77. The quantitative estimate of drug-likeness (QED) is 0.427. The lowest BCUT2D eigenvalue weighted by Crippen LogP contribution is -2.28. The van der Waals surface area contributed by atoms with Crippen molar-refractivity contribution < 1.29 is 4.79 Å². The number of carbonyl (C=O) groups excluding carboxylic acids is 1. The van der Waals surface area contributed by atoms with Crippen LogP contribution in [0.1, 0.15) is 37.4 Å². The monoisotopic (exact) mass is 429 g/mol. The number of rotatable bonds is 7. The standard InChI is InChI=1S/C24H23N5OS/c1-16(19-7-6-17-4-2-3-5-20(17)14-19)26-22(30)15-31-24-28-27-23(29(24)21-8-9-21)18-10-12-25-13-11-18/h2-7,10-14,16,21H,8-9,15H2,1H3,(H,26,30)/t16-/m1/s1. The van der Waals surface area contributed by atoms with Crippen molar-refractivity contribution in [2.45, 2.75) is 37.0 Å². The van der Waals surface area contributed by atoms with Gasteiger partial charge in [0.2, 0.25) is 5.91 Å². The first-order chi connectivity index (χ1) is 15.2. The van der Waals surface area contributed by atoms with Gasteiger partial charge in [0.15, 0.2) is 11.0 Å². The van der Waals surface area contributed by atoms with Crippen molar-refractivity contribution in [3.8, 4) is 11.4 Å². The van der Waals surface area contributed by atoms with Gasteiger partial charge in [0.25, 0.3) is 0 Å². The third-order valence-electron chi connectivity index (χ3n) is 5.50. The fourth-order valence-electron chi connectivity index (χ4n) is 3.71. The van der Waals surface area contributed by atoms with Crippen molar-refractivity contribution in [3.05, 3.63) is 72.6 Å². The van der Waals surface area contributed by atoms with Crippen LogP contribution in [-0.2, 0) is 4.79 Å². The van der Waals surface area contributed by atoms with E-state index in [2.05, 4.69) is 55.4 Å². The van der Waals surface area contributed by atoms with Gasteiger partial charge in [-0.3, -0.25) is 14.3 Å². The zero-order valence-electron chi connectivity index (χ0n) is 17.2. The molecule has 5 rings (SSSR count). The van der Waals surface area contributed by atoms with E-state index < -0.39 is 0 Å². The fraction of sp³-hybridized carbons (Fsp3) is 0.250. The Morgan fingerprint density at radius 3 is 2.65 bits per heavy atom. The number of hydrogen-bond acceptors (Lipinski definition) is 5. The van der Waals surface area contributed by atoms with Crippen molar-refractivity contribution in [1.29, 1.82) is 0 Å². The number of hydrogen-bond donors (Lipinski definition) is 1. The van der Waals surface area contributed by atoms with Crippen LogP contribution in [0.3, 0.4) is 0 Å². The van der Waals surface area contributed by atoms with Crippen LogP contribution in [0.25, 0.3) is 22.2 Å². The van der Waals surface area contributed by atoms with Gasteiger partial charge >= 0.3 is 0 Å². The topological polar surface area (TPSA) is 72.7 Å². The molecular weight excluding hydrogens is 406 g/mol. The Morgan fingerprint density at radius 2 is 1.87 bits per heavy atom. The largest absolute Gasteiger partial charge is 0.349 e. The van der Waals surface area contributed by atoms with E-state index in [1.54, 1.807) is 12.4 Å². The first-order valence-corrected chi connectivity index (χ1v) is 11.4. The summed E-state index contributed by atoms with van der Waals surface area (Å²) >= 11 is 1.44. The highest BCUT2D eigenvalue weighted by Gasteiger charge is 2.30. The number of benzene rings is 2. The SMILES string of the molecule is C[C@@H](NC(=O)CSc1nnc(-c2ccncc2)n1C1CC1)c1ccc2ccccc2c1. The normalized spacial score (nSPS) is 14.5. The van der Waals surface area contributed by atoms with Crippen LogP contribution < -0.4 is 5.32 Å². The molecule has 0 unspecified atom stereocenters. The van der Waals surface area contributed by atoms with Crippen LogP contribution in [0.15, 0.2) is 72.1 Å². The van der Waals surface area contributed by atoms with Crippen LogP contribution in [0.4, 0.5) is 0 Å². The van der Waals surface area contributed by atoms with Crippen LogP contribution >= 0.6 is 11.8 Å². The number of nitrogens with one attached hydrogen (secondary N) is 1. The van der Waals surface area contributed by atoms with Crippen molar-refractivity contribution in [1.82, 2.24) is 25.1 Å². The van der Waals surface area contributed by atoms with Gasteiger partial charge in [-0.25, -0.2) is 0 Å². The third-order valence-corrected chi connectivity index (χ3v) is 6.44. The van der Waals surface area contributed by atoms with Gasteiger partial charge in [-0.1, -0.05) is 48.2 Å². The fourth-order valence-corrected chi connectivity index (χ4v) is 4.53. The maximum atomic E-state index is 12.6. The van der Waals surface area contributed by atoms with Gasteiger partial charge in [0.1, 0.15) is 0 Å². The predicted octanol–water partition coefficient (Wildman–Crippen LogP) is 4.80. The molecule has 0 radical (unpaired) electrons. The van der Waals surface area contributed by atoms with Crippen LogP contribution in [-0.4, -0.2) is 31.4 Å². The average Bonchev–Trinajstić information content (AvgIpc) is 3.56. The van der Waals surface area contributed by atoms with Gasteiger partial charge in [-0.05, 0) is 54.3 Å². The summed E-state index contributed by atoms with van der Waals surface area (Å²) in [6, 6.07) is 18.8. The number of nitrogens with zero attached hydrogens (tertiary/aromatic N) is 4. The van der Waals surface area contributed by atoms with E-state index in [0.717, 1.165) is 34.9 Å². The number of fused-ring (bicyclic) bond motifs is 1. The molecule has 1 saturated carbocycles. The summed E-state index contributed by atoms with van der Waals surface area (Å²) in [6.45, 7) is 2.01. The molecule has 0 aliphatic heterocycles. The molecule has 1 N–H and O–H groups in total.